The molecule has 0 spiro atoms. The Labute approximate surface area is 164 Å². The van der Waals surface area contributed by atoms with Gasteiger partial charge in [-0.15, -0.1) is 0 Å². The quantitative estimate of drug-likeness (QED) is 0.682. The highest BCUT2D eigenvalue weighted by Gasteiger charge is 2.19. The minimum Gasteiger partial charge on any atom is -0.331 e. The zero-order valence-corrected chi connectivity index (χ0v) is 17.1. The number of anilines is 1. The van der Waals surface area contributed by atoms with Crippen LogP contribution in [0.2, 0.25) is 0 Å². The zero-order valence-electron chi connectivity index (χ0n) is 16.3. The van der Waals surface area contributed by atoms with Crippen molar-refractivity contribution < 1.29 is 13.2 Å². The molecule has 3 rings (SSSR count). The fourth-order valence-electron chi connectivity index (χ4n) is 2.87. The third kappa shape index (κ3) is 4.05. The van der Waals surface area contributed by atoms with E-state index in [1.54, 1.807) is 24.3 Å². The highest BCUT2D eigenvalue weighted by Crippen LogP contribution is 2.22. The Bertz CT molecular complexity index is 1140. The molecule has 1 amide bonds. The van der Waals surface area contributed by atoms with E-state index in [1.165, 1.54) is 18.4 Å². The van der Waals surface area contributed by atoms with Gasteiger partial charge >= 0.3 is 0 Å². The van der Waals surface area contributed by atoms with Crippen LogP contribution in [-0.4, -0.2) is 47.3 Å². The second-order valence-corrected chi connectivity index (χ2v) is 8.89. The highest BCUT2D eigenvalue weighted by molar-refractivity contribution is 7.89. The summed E-state index contributed by atoms with van der Waals surface area (Å²) in [6.07, 6.45) is 0.675. The van der Waals surface area contributed by atoms with Crippen LogP contribution >= 0.6 is 0 Å². The second kappa shape index (κ2) is 7.69. The number of nitrogens with zero attached hydrogens (tertiary/aromatic N) is 4. The van der Waals surface area contributed by atoms with Gasteiger partial charge in [-0.3, -0.25) is 4.79 Å². The van der Waals surface area contributed by atoms with Crippen LogP contribution in [0.5, 0.6) is 0 Å². The third-order valence-corrected chi connectivity index (χ3v) is 6.27. The van der Waals surface area contributed by atoms with Gasteiger partial charge in [0, 0.05) is 39.7 Å². The second-order valence-electron chi connectivity index (χ2n) is 6.74. The minimum absolute atomic E-state index is 0.152. The first-order valence-electron chi connectivity index (χ1n) is 8.80. The monoisotopic (exact) mass is 401 g/mol. The molecule has 2 heterocycles. The Morgan fingerprint density at radius 1 is 1.18 bits per heavy atom. The molecule has 8 nitrogen and oxygen atoms in total. The molecule has 0 atom stereocenters. The predicted molar refractivity (Wildman–Crippen MR) is 108 cm³/mol. The average Bonchev–Trinajstić information content (AvgIpc) is 2.95. The molecule has 0 unspecified atom stereocenters. The van der Waals surface area contributed by atoms with E-state index in [0.717, 1.165) is 11.2 Å². The summed E-state index contributed by atoms with van der Waals surface area (Å²) in [5.41, 5.74) is 2.23. The van der Waals surface area contributed by atoms with E-state index < -0.39 is 10.0 Å². The first-order chi connectivity index (χ1) is 13.2. The van der Waals surface area contributed by atoms with Crippen LogP contribution in [0, 0.1) is 6.92 Å². The van der Waals surface area contributed by atoms with Gasteiger partial charge in [0.1, 0.15) is 11.6 Å². The number of hydrogen-bond donors (Lipinski definition) is 1. The molecule has 28 heavy (non-hydrogen) atoms. The number of fused-ring (bicyclic) bond motifs is 1. The van der Waals surface area contributed by atoms with Crippen molar-refractivity contribution in [2.24, 2.45) is 7.05 Å². The van der Waals surface area contributed by atoms with Crippen LogP contribution in [0.1, 0.15) is 17.9 Å². The molecule has 0 fully saturated rings. The lowest BCUT2D eigenvalue weighted by atomic mass is 10.2. The molecule has 0 aliphatic rings. The maximum Gasteiger partial charge on any atom is 0.242 e. The Balaban J connectivity index is 1.76. The maximum atomic E-state index is 12.3. The van der Waals surface area contributed by atoms with Crippen molar-refractivity contribution in [3.8, 4) is 0 Å². The van der Waals surface area contributed by atoms with E-state index in [9.17, 15) is 13.2 Å². The Morgan fingerprint density at radius 2 is 1.93 bits per heavy atom. The van der Waals surface area contributed by atoms with E-state index in [2.05, 4.69) is 15.3 Å². The summed E-state index contributed by atoms with van der Waals surface area (Å²) in [6, 6.07) is 10.3. The van der Waals surface area contributed by atoms with Crippen LogP contribution in [-0.2, 0) is 28.3 Å². The standard InChI is InChI=1S/C19H23N5O3S/c1-13-6-5-7-17(20-13)22-19(25)11-10-18-21-15-12-14(28(26,27)23(2)3)8-9-16(15)24(18)4/h5-9,12H,10-11H2,1-4H3,(H,20,22,25). The number of carbonyl (C=O) groups is 1. The lowest BCUT2D eigenvalue weighted by Gasteiger charge is -2.10. The van der Waals surface area contributed by atoms with Gasteiger partial charge in [0.05, 0.1) is 15.9 Å². The molecule has 0 aliphatic heterocycles. The average molecular weight is 401 g/mol. The number of hydrogen-bond acceptors (Lipinski definition) is 5. The van der Waals surface area contributed by atoms with E-state index in [0.29, 0.717) is 23.6 Å². The number of pyridine rings is 1. The van der Waals surface area contributed by atoms with E-state index >= 15 is 0 Å². The van der Waals surface area contributed by atoms with E-state index in [-0.39, 0.29) is 17.2 Å². The number of sulfonamides is 1. The van der Waals surface area contributed by atoms with Gasteiger partial charge < -0.3 is 9.88 Å². The zero-order chi connectivity index (χ0) is 20.5. The molecule has 0 radical (unpaired) electrons. The molecule has 0 saturated carbocycles. The molecule has 0 aliphatic carbocycles. The van der Waals surface area contributed by atoms with Crippen molar-refractivity contribution in [2.45, 2.75) is 24.7 Å². The minimum atomic E-state index is -3.52. The van der Waals surface area contributed by atoms with Crippen molar-refractivity contribution in [3.05, 3.63) is 47.9 Å². The van der Waals surface area contributed by atoms with Gasteiger partial charge in [-0.25, -0.2) is 22.7 Å². The summed E-state index contributed by atoms with van der Waals surface area (Å²) >= 11 is 0. The maximum absolute atomic E-state index is 12.3. The number of rotatable bonds is 6. The summed E-state index contributed by atoms with van der Waals surface area (Å²) in [5.74, 6) is 1.08. The molecular weight excluding hydrogens is 378 g/mol. The molecule has 1 N–H and O–H groups in total. The number of nitrogens with one attached hydrogen (secondary N) is 1. The Kier molecular flexibility index (Phi) is 5.48. The fourth-order valence-corrected chi connectivity index (χ4v) is 3.79. The lowest BCUT2D eigenvalue weighted by Crippen LogP contribution is -2.22. The molecule has 2 aromatic heterocycles. The van der Waals surface area contributed by atoms with Crippen LogP contribution in [0.3, 0.4) is 0 Å². The van der Waals surface area contributed by atoms with Gasteiger partial charge in [-0.2, -0.15) is 0 Å². The van der Waals surface area contributed by atoms with Gasteiger partial charge in [0.15, 0.2) is 0 Å². The van der Waals surface area contributed by atoms with Crippen LogP contribution in [0.15, 0.2) is 41.3 Å². The fraction of sp³-hybridized carbons (Fsp3) is 0.316. The SMILES string of the molecule is Cc1cccc(NC(=O)CCc2nc3cc(S(=O)(=O)N(C)C)ccc3n2C)n1. The van der Waals surface area contributed by atoms with Crippen molar-refractivity contribution in [2.75, 3.05) is 19.4 Å². The molecule has 0 saturated heterocycles. The summed E-state index contributed by atoms with van der Waals surface area (Å²) in [6.45, 7) is 1.86. The first-order valence-corrected chi connectivity index (χ1v) is 10.2. The number of carbonyl (C=O) groups excluding carboxylic acids is 1. The van der Waals surface area contributed by atoms with Crippen molar-refractivity contribution in [3.63, 3.8) is 0 Å². The van der Waals surface area contributed by atoms with E-state index in [4.69, 9.17) is 0 Å². The number of amides is 1. The smallest absolute Gasteiger partial charge is 0.242 e. The molecule has 3 aromatic rings. The van der Waals surface area contributed by atoms with Gasteiger partial charge in [-0.1, -0.05) is 6.07 Å². The summed E-state index contributed by atoms with van der Waals surface area (Å²) in [4.78, 5) is 21.2. The Hall–Kier alpha value is -2.78. The number of benzene rings is 1. The van der Waals surface area contributed by atoms with Crippen LogP contribution in [0.25, 0.3) is 11.0 Å². The van der Waals surface area contributed by atoms with Gasteiger partial charge in [-0.05, 0) is 37.3 Å². The van der Waals surface area contributed by atoms with Gasteiger partial charge in [0.2, 0.25) is 15.9 Å². The van der Waals surface area contributed by atoms with Crippen molar-refractivity contribution in [1.29, 1.82) is 0 Å². The molecule has 0 bridgehead atoms. The molecular formula is C19H23N5O3S. The predicted octanol–water partition coefficient (Wildman–Crippen LogP) is 2.10. The Morgan fingerprint density at radius 3 is 2.61 bits per heavy atom. The molecule has 148 valence electrons. The van der Waals surface area contributed by atoms with Gasteiger partial charge in [0.25, 0.3) is 0 Å². The first kappa shape index (κ1) is 20.0. The molecule has 1 aromatic carbocycles. The summed E-state index contributed by atoms with van der Waals surface area (Å²) in [5, 5.41) is 2.78. The van der Waals surface area contributed by atoms with Crippen molar-refractivity contribution >= 4 is 32.8 Å². The largest absolute Gasteiger partial charge is 0.331 e. The molecule has 9 heteroatoms. The normalized spacial score (nSPS) is 11.9. The third-order valence-electron chi connectivity index (χ3n) is 4.45. The summed E-state index contributed by atoms with van der Waals surface area (Å²) < 4.78 is 27.7. The lowest BCUT2D eigenvalue weighted by molar-refractivity contribution is -0.116. The number of imidazole rings is 1. The van der Waals surface area contributed by atoms with Crippen LogP contribution in [0.4, 0.5) is 5.82 Å². The topological polar surface area (TPSA) is 97.2 Å². The number of aryl methyl sites for hydroxylation is 3. The number of aromatic nitrogens is 3. The van der Waals surface area contributed by atoms with E-state index in [1.807, 2.05) is 30.7 Å². The highest BCUT2D eigenvalue weighted by atomic mass is 32.2. The van der Waals surface area contributed by atoms with Crippen LogP contribution < -0.4 is 5.32 Å². The summed E-state index contributed by atoms with van der Waals surface area (Å²) in [7, 11) is 1.31. The van der Waals surface area contributed by atoms with Crippen molar-refractivity contribution in [1.82, 2.24) is 18.8 Å².